The third-order valence-corrected chi connectivity index (χ3v) is 6.60. The highest BCUT2D eigenvalue weighted by Crippen LogP contribution is 2.25. The summed E-state index contributed by atoms with van der Waals surface area (Å²) in [6.45, 7) is 10.6. The van der Waals surface area contributed by atoms with Crippen molar-refractivity contribution in [3.8, 4) is 5.75 Å². The lowest BCUT2D eigenvalue weighted by Gasteiger charge is -2.13. The summed E-state index contributed by atoms with van der Waals surface area (Å²) < 4.78 is 35.7. The van der Waals surface area contributed by atoms with Crippen LogP contribution in [0.2, 0.25) is 0 Å². The first-order chi connectivity index (χ1) is 15.6. The Morgan fingerprint density at radius 1 is 1.06 bits per heavy atom. The number of aryl methyl sites for hydroxylation is 2. The second-order valence-electron chi connectivity index (χ2n) is 7.92. The minimum atomic E-state index is -3.87. The minimum absolute atomic E-state index is 0.0843. The van der Waals surface area contributed by atoms with E-state index in [2.05, 4.69) is 15.1 Å². The molecular formula is C24H30N4O4S. The molecule has 9 heteroatoms. The zero-order valence-electron chi connectivity index (χ0n) is 19.5. The molecule has 0 aliphatic heterocycles. The monoisotopic (exact) mass is 470 g/mol. The topological polar surface area (TPSA) is 102 Å². The van der Waals surface area contributed by atoms with Crippen LogP contribution in [-0.2, 0) is 16.6 Å². The predicted molar refractivity (Wildman–Crippen MR) is 130 cm³/mol. The molecule has 0 atom stereocenters. The van der Waals surface area contributed by atoms with Crippen LogP contribution in [0.3, 0.4) is 0 Å². The predicted octanol–water partition coefficient (Wildman–Crippen LogP) is 4.79. The lowest BCUT2D eigenvalue weighted by Crippen LogP contribution is -2.18. The second-order valence-corrected chi connectivity index (χ2v) is 9.57. The molecule has 8 nitrogen and oxygen atoms in total. The van der Waals surface area contributed by atoms with Gasteiger partial charge in [0.05, 0.1) is 17.2 Å². The summed E-state index contributed by atoms with van der Waals surface area (Å²) in [4.78, 5) is 13.0. The molecule has 3 aromatic rings. The zero-order chi connectivity index (χ0) is 24.2. The van der Waals surface area contributed by atoms with Gasteiger partial charge in [-0.3, -0.25) is 14.2 Å². The third-order valence-electron chi connectivity index (χ3n) is 5.08. The fraction of sp³-hybridized carbons (Fsp3) is 0.333. The maximum Gasteiger partial charge on any atom is 0.273 e. The summed E-state index contributed by atoms with van der Waals surface area (Å²) in [5.41, 5.74) is 2.62. The van der Waals surface area contributed by atoms with Crippen molar-refractivity contribution in [1.82, 2.24) is 9.78 Å². The van der Waals surface area contributed by atoms with Gasteiger partial charge in [0, 0.05) is 17.9 Å². The molecule has 1 amide bonds. The molecule has 176 valence electrons. The van der Waals surface area contributed by atoms with Crippen molar-refractivity contribution in [2.24, 2.45) is 0 Å². The van der Waals surface area contributed by atoms with Crippen molar-refractivity contribution in [3.63, 3.8) is 0 Å². The van der Waals surface area contributed by atoms with Crippen LogP contribution in [0.1, 0.15) is 55.4 Å². The summed E-state index contributed by atoms with van der Waals surface area (Å²) in [5.74, 6) is 0.505. The van der Waals surface area contributed by atoms with E-state index in [1.54, 1.807) is 54.1 Å². The fourth-order valence-electron chi connectivity index (χ4n) is 3.30. The number of nitrogens with zero attached hydrogens (tertiary/aromatic N) is 2. The smallest absolute Gasteiger partial charge is 0.273 e. The van der Waals surface area contributed by atoms with E-state index in [1.807, 2.05) is 27.7 Å². The van der Waals surface area contributed by atoms with Gasteiger partial charge in [0.15, 0.2) is 0 Å². The molecule has 2 aromatic carbocycles. The van der Waals surface area contributed by atoms with E-state index in [1.165, 1.54) is 6.07 Å². The van der Waals surface area contributed by atoms with Crippen LogP contribution in [0.5, 0.6) is 5.75 Å². The normalized spacial score (nSPS) is 11.5. The molecule has 0 saturated heterocycles. The number of sulfonamides is 1. The summed E-state index contributed by atoms with van der Waals surface area (Å²) in [6, 6.07) is 13.3. The molecule has 0 saturated carbocycles. The van der Waals surface area contributed by atoms with Crippen LogP contribution in [0.15, 0.2) is 53.4 Å². The lowest BCUT2D eigenvalue weighted by molar-refractivity contribution is 0.101. The molecule has 2 N–H and O–H groups in total. The number of aromatic nitrogens is 2. The standard InChI is InChI=1S/C24H30N4O4S/c1-6-28-22(15-21(26-28)16(3)4)24(29)25-19-9-8-17(5)23(14-19)33(30,31)27-18-10-12-20(13-11-18)32-7-2/h8-16,27H,6-7H2,1-5H3,(H,25,29). The quantitative estimate of drug-likeness (QED) is 0.468. The Balaban J connectivity index is 1.83. The molecule has 0 spiro atoms. The SMILES string of the molecule is CCOc1ccc(NS(=O)(=O)c2cc(NC(=O)c3cc(C(C)C)nn3CC)ccc2C)cc1. The van der Waals surface area contributed by atoms with Gasteiger partial charge in [-0.15, -0.1) is 0 Å². The van der Waals surface area contributed by atoms with Gasteiger partial charge in [-0.25, -0.2) is 8.42 Å². The molecule has 0 aliphatic rings. The van der Waals surface area contributed by atoms with Gasteiger partial charge >= 0.3 is 0 Å². The largest absolute Gasteiger partial charge is 0.494 e. The van der Waals surface area contributed by atoms with Gasteiger partial charge in [0.1, 0.15) is 11.4 Å². The van der Waals surface area contributed by atoms with Crippen molar-refractivity contribution in [1.29, 1.82) is 0 Å². The summed E-state index contributed by atoms with van der Waals surface area (Å²) in [7, 11) is -3.87. The maximum absolute atomic E-state index is 13.1. The Morgan fingerprint density at radius 3 is 2.33 bits per heavy atom. The molecular weight excluding hydrogens is 440 g/mol. The highest BCUT2D eigenvalue weighted by atomic mass is 32.2. The van der Waals surface area contributed by atoms with Crippen LogP contribution in [0.4, 0.5) is 11.4 Å². The number of hydrogen-bond acceptors (Lipinski definition) is 5. The Kier molecular flexibility index (Phi) is 7.43. The van der Waals surface area contributed by atoms with Crippen LogP contribution in [0.25, 0.3) is 0 Å². The third kappa shape index (κ3) is 5.73. The Hall–Kier alpha value is -3.33. The van der Waals surface area contributed by atoms with E-state index in [0.717, 1.165) is 5.69 Å². The summed E-state index contributed by atoms with van der Waals surface area (Å²) >= 11 is 0. The average Bonchev–Trinajstić information content (AvgIpc) is 3.21. The highest BCUT2D eigenvalue weighted by Gasteiger charge is 2.20. The number of carbonyl (C=O) groups excluding carboxylic acids is 1. The number of anilines is 2. The van der Waals surface area contributed by atoms with E-state index in [4.69, 9.17) is 4.74 Å². The van der Waals surface area contributed by atoms with Gasteiger partial charge in [-0.05, 0) is 74.7 Å². The Labute approximate surface area is 195 Å². The fourth-order valence-corrected chi connectivity index (χ4v) is 4.63. The first-order valence-electron chi connectivity index (χ1n) is 10.9. The zero-order valence-corrected chi connectivity index (χ0v) is 20.4. The van der Waals surface area contributed by atoms with Gasteiger partial charge < -0.3 is 10.1 Å². The van der Waals surface area contributed by atoms with Crippen molar-refractivity contribution in [2.75, 3.05) is 16.6 Å². The molecule has 1 heterocycles. The van der Waals surface area contributed by atoms with Crippen molar-refractivity contribution in [3.05, 3.63) is 65.5 Å². The lowest BCUT2D eigenvalue weighted by atomic mass is 10.1. The van der Waals surface area contributed by atoms with Gasteiger partial charge in [0.25, 0.3) is 15.9 Å². The van der Waals surface area contributed by atoms with Crippen LogP contribution in [-0.4, -0.2) is 30.7 Å². The van der Waals surface area contributed by atoms with Crippen LogP contribution >= 0.6 is 0 Å². The highest BCUT2D eigenvalue weighted by molar-refractivity contribution is 7.92. The Bertz CT molecular complexity index is 1230. The van der Waals surface area contributed by atoms with E-state index >= 15 is 0 Å². The number of amides is 1. The molecule has 0 unspecified atom stereocenters. The molecule has 33 heavy (non-hydrogen) atoms. The van der Waals surface area contributed by atoms with Gasteiger partial charge in [-0.1, -0.05) is 19.9 Å². The summed E-state index contributed by atoms with van der Waals surface area (Å²) in [6.07, 6.45) is 0. The van der Waals surface area contributed by atoms with Gasteiger partial charge in [0.2, 0.25) is 0 Å². The summed E-state index contributed by atoms with van der Waals surface area (Å²) in [5, 5.41) is 7.27. The number of rotatable bonds is 9. The first-order valence-corrected chi connectivity index (χ1v) is 12.4. The van der Waals surface area contributed by atoms with Crippen LogP contribution in [0, 0.1) is 6.92 Å². The van der Waals surface area contributed by atoms with Crippen LogP contribution < -0.4 is 14.8 Å². The number of hydrogen-bond donors (Lipinski definition) is 2. The van der Waals surface area contributed by atoms with E-state index in [-0.39, 0.29) is 16.7 Å². The first kappa shape index (κ1) is 24.3. The number of benzene rings is 2. The van der Waals surface area contributed by atoms with E-state index in [0.29, 0.717) is 41.5 Å². The van der Waals surface area contributed by atoms with Crippen molar-refractivity contribution < 1.29 is 17.9 Å². The van der Waals surface area contributed by atoms with Gasteiger partial charge in [-0.2, -0.15) is 5.10 Å². The molecule has 0 bridgehead atoms. The molecule has 3 rings (SSSR count). The Morgan fingerprint density at radius 2 is 1.73 bits per heavy atom. The van der Waals surface area contributed by atoms with Crippen molar-refractivity contribution >= 4 is 27.3 Å². The number of carbonyl (C=O) groups is 1. The number of ether oxygens (including phenoxy) is 1. The maximum atomic E-state index is 13.1. The molecule has 0 radical (unpaired) electrons. The average molecular weight is 471 g/mol. The minimum Gasteiger partial charge on any atom is -0.494 e. The number of nitrogens with one attached hydrogen (secondary N) is 2. The molecule has 0 fully saturated rings. The van der Waals surface area contributed by atoms with E-state index in [9.17, 15) is 13.2 Å². The molecule has 0 aliphatic carbocycles. The molecule has 1 aromatic heterocycles. The van der Waals surface area contributed by atoms with Crippen molar-refractivity contribution in [2.45, 2.75) is 52.0 Å². The second kappa shape index (κ2) is 10.1. The van der Waals surface area contributed by atoms with E-state index < -0.39 is 10.0 Å².